The Balaban J connectivity index is 2.53. The van der Waals surface area contributed by atoms with Gasteiger partial charge in [0.1, 0.15) is 5.31 Å². The van der Waals surface area contributed by atoms with Gasteiger partial charge in [-0.2, -0.15) is 0 Å². The van der Waals surface area contributed by atoms with Gasteiger partial charge < -0.3 is 9.79 Å². The van der Waals surface area contributed by atoms with Gasteiger partial charge in [0.25, 0.3) is 0 Å². The fraction of sp³-hybridized carbons (Fsp3) is 0.0625. The van der Waals surface area contributed by atoms with E-state index in [2.05, 4.69) is 0 Å². The zero-order valence-corrected chi connectivity index (χ0v) is 12.3. The number of hydrogen-bond acceptors (Lipinski definition) is 2. The highest BCUT2D eigenvalue weighted by atomic mass is 31.2. The molecule has 0 bridgehead atoms. The van der Waals surface area contributed by atoms with Crippen LogP contribution >= 0.6 is 7.60 Å². The normalized spacial score (nSPS) is 12.2. The monoisotopic (exact) mass is 302 g/mol. The molecule has 2 N–H and O–H groups in total. The summed E-state index contributed by atoms with van der Waals surface area (Å²) in [6, 6.07) is 15.4. The quantitative estimate of drug-likeness (QED) is 0.515. The highest BCUT2D eigenvalue weighted by Gasteiger charge is 2.29. The maximum absolute atomic E-state index is 12.5. The largest absolute Gasteiger partial charge is 0.360 e. The molecule has 0 radical (unpaired) electrons. The van der Waals surface area contributed by atoms with Gasteiger partial charge in [0, 0.05) is 5.56 Å². The van der Waals surface area contributed by atoms with E-state index in [-0.39, 0.29) is 0 Å². The van der Waals surface area contributed by atoms with Crippen LogP contribution in [0, 0.1) is 6.92 Å². The van der Waals surface area contributed by atoms with Gasteiger partial charge in [0.15, 0.2) is 0 Å². The molecule has 0 saturated carbocycles. The molecule has 2 aromatic carbocycles. The van der Waals surface area contributed by atoms with E-state index in [1.807, 2.05) is 0 Å². The van der Waals surface area contributed by atoms with E-state index in [9.17, 15) is 19.1 Å². The van der Waals surface area contributed by atoms with Crippen molar-refractivity contribution in [2.45, 2.75) is 6.92 Å². The second-order valence-corrected chi connectivity index (χ2v) is 6.20. The summed E-state index contributed by atoms with van der Waals surface area (Å²) in [5.41, 5.74) is 1.54. The second-order valence-electron chi connectivity index (χ2n) is 4.63. The first-order valence-corrected chi connectivity index (χ1v) is 7.94. The molecule has 0 unspecified atom stereocenters. The molecule has 4 nitrogen and oxygen atoms in total. The van der Waals surface area contributed by atoms with E-state index >= 15 is 0 Å². The number of carbonyl (C=O) groups is 1. The van der Waals surface area contributed by atoms with Crippen molar-refractivity contribution in [1.29, 1.82) is 0 Å². The zero-order chi connectivity index (χ0) is 15.5. The van der Waals surface area contributed by atoms with Gasteiger partial charge >= 0.3 is 7.60 Å². The fourth-order valence-corrected chi connectivity index (χ4v) is 2.66. The Hall–Kier alpha value is -2.00. The van der Waals surface area contributed by atoms with Crippen molar-refractivity contribution in [2.75, 3.05) is 0 Å². The summed E-state index contributed by atoms with van der Waals surface area (Å²) < 4.78 is 11.7. The van der Waals surface area contributed by atoms with Crippen molar-refractivity contribution in [3.05, 3.63) is 76.6 Å². The summed E-state index contributed by atoms with van der Waals surface area (Å²) in [5, 5.41) is -0.497. The molecule has 0 amide bonds. The lowest BCUT2D eigenvalue weighted by Gasteiger charge is -2.10. The number of ketones is 1. The molecule has 5 heteroatoms. The topological polar surface area (TPSA) is 74.6 Å². The number of aryl methyl sites for hydroxylation is 1. The van der Waals surface area contributed by atoms with Crippen LogP contribution in [0.5, 0.6) is 0 Å². The molecule has 21 heavy (non-hydrogen) atoms. The lowest BCUT2D eigenvalue weighted by Crippen LogP contribution is -2.06. The van der Waals surface area contributed by atoms with Crippen molar-refractivity contribution in [3.63, 3.8) is 0 Å². The summed E-state index contributed by atoms with van der Waals surface area (Å²) in [5.74, 6) is -0.648. The molecule has 0 aliphatic heterocycles. The highest BCUT2D eigenvalue weighted by Crippen LogP contribution is 2.47. The van der Waals surface area contributed by atoms with Gasteiger partial charge in [-0.25, -0.2) is 0 Å². The van der Waals surface area contributed by atoms with Crippen molar-refractivity contribution in [1.82, 2.24) is 0 Å². The van der Waals surface area contributed by atoms with E-state index < -0.39 is 18.7 Å². The number of hydrogen-bond donors (Lipinski definition) is 2. The first-order chi connectivity index (χ1) is 9.89. The third kappa shape index (κ3) is 3.76. The second kappa shape index (κ2) is 6.19. The zero-order valence-electron chi connectivity index (χ0n) is 11.4. The van der Waals surface area contributed by atoms with Crippen LogP contribution in [-0.2, 0) is 4.57 Å². The van der Waals surface area contributed by atoms with Gasteiger partial charge in [-0.15, -0.1) is 0 Å². The predicted molar refractivity (Wildman–Crippen MR) is 82.0 cm³/mol. The van der Waals surface area contributed by atoms with E-state index in [4.69, 9.17) is 0 Å². The number of rotatable bonds is 4. The van der Waals surface area contributed by atoms with Gasteiger partial charge in [0.2, 0.25) is 5.78 Å². The van der Waals surface area contributed by atoms with Crippen molar-refractivity contribution in [2.24, 2.45) is 0 Å². The Kier molecular flexibility index (Phi) is 4.53. The third-order valence-electron chi connectivity index (χ3n) is 3.04. The summed E-state index contributed by atoms with van der Waals surface area (Å²) in [4.78, 5) is 31.4. The molecular weight excluding hydrogens is 287 g/mol. The van der Waals surface area contributed by atoms with Gasteiger partial charge in [-0.1, -0.05) is 54.6 Å². The molecule has 0 aliphatic carbocycles. The SMILES string of the molecule is Cc1ccccc1C(=O)C(=Cc1ccccc1)P(=O)(O)O. The van der Waals surface area contributed by atoms with E-state index in [0.717, 1.165) is 0 Å². The molecular formula is C16H15O4P. The van der Waals surface area contributed by atoms with E-state index in [1.165, 1.54) is 6.08 Å². The smallest absolute Gasteiger partial charge is 0.321 e. The number of carbonyl (C=O) groups excluding carboxylic acids is 1. The average Bonchev–Trinajstić information content (AvgIpc) is 2.44. The van der Waals surface area contributed by atoms with Gasteiger partial charge in [-0.3, -0.25) is 9.36 Å². The Morgan fingerprint density at radius 3 is 2.14 bits per heavy atom. The maximum Gasteiger partial charge on any atom is 0.360 e. The van der Waals surface area contributed by atoms with Crippen LogP contribution in [0.2, 0.25) is 0 Å². The van der Waals surface area contributed by atoms with Crippen LogP contribution in [0.25, 0.3) is 6.08 Å². The van der Waals surface area contributed by atoms with Crippen LogP contribution in [0.3, 0.4) is 0 Å². The maximum atomic E-state index is 12.5. The first-order valence-electron chi connectivity index (χ1n) is 6.33. The summed E-state index contributed by atoms with van der Waals surface area (Å²) in [6.45, 7) is 1.73. The van der Waals surface area contributed by atoms with Crippen molar-refractivity contribution >= 4 is 19.5 Å². The van der Waals surface area contributed by atoms with Crippen molar-refractivity contribution < 1.29 is 19.1 Å². The average molecular weight is 302 g/mol. The van der Waals surface area contributed by atoms with Gasteiger partial charge in [0.05, 0.1) is 0 Å². The van der Waals surface area contributed by atoms with E-state index in [0.29, 0.717) is 16.7 Å². The molecule has 2 rings (SSSR count). The molecule has 0 fully saturated rings. The molecule has 0 atom stereocenters. The minimum atomic E-state index is -4.67. The predicted octanol–water partition coefficient (Wildman–Crippen LogP) is 3.40. The van der Waals surface area contributed by atoms with Crippen LogP contribution in [0.15, 0.2) is 59.9 Å². The third-order valence-corrected chi connectivity index (χ3v) is 4.00. The Morgan fingerprint density at radius 2 is 1.57 bits per heavy atom. The Labute approximate surface area is 122 Å². The molecule has 0 aliphatic rings. The Bertz CT molecular complexity index is 729. The molecule has 108 valence electrons. The lowest BCUT2D eigenvalue weighted by molar-refractivity contribution is 0.103. The fourth-order valence-electron chi connectivity index (χ4n) is 1.95. The minimum Gasteiger partial charge on any atom is -0.321 e. The molecule has 0 heterocycles. The van der Waals surface area contributed by atoms with Gasteiger partial charge in [-0.05, 0) is 24.1 Å². The van der Waals surface area contributed by atoms with E-state index in [1.54, 1.807) is 61.5 Å². The van der Waals surface area contributed by atoms with Crippen molar-refractivity contribution in [3.8, 4) is 0 Å². The molecule has 2 aromatic rings. The molecule has 0 saturated heterocycles. The molecule has 0 aromatic heterocycles. The first kappa shape index (κ1) is 15.4. The number of benzene rings is 2. The summed E-state index contributed by atoms with van der Waals surface area (Å²) in [7, 11) is -4.67. The minimum absolute atomic E-state index is 0.294. The summed E-state index contributed by atoms with van der Waals surface area (Å²) in [6.07, 6.45) is 1.25. The number of Topliss-reactive ketones (excluding diaryl/α,β-unsaturated/α-hetero) is 1. The van der Waals surface area contributed by atoms with Crippen LogP contribution in [0.1, 0.15) is 21.5 Å². The van der Waals surface area contributed by atoms with Crippen LogP contribution < -0.4 is 0 Å². The van der Waals surface area contributed by atoms with Crippen LogP contribution in [0.4, 0.5) is 0 Å². The standard InChI is InChI=1S/C16H15O4P/c1-12-7-5-6-10-14(12)16(17)15(21(18,19)20)11-13-8-3-2-4-9-13/h2-11H,1H3,(H2,18,19,20). The summed E-state index contributed by atoms with van der Waals surface area (Å²) >= 11 is 0. The highest BCUT2D eigenvalue weighted by molar-refractivity contribution is 7.58. The number of allylic oxidation sites excluding steroid dienone is 1. The molecule has 0 spiro atoms. The van der Waals surface area contributed by atoms with Crippen LogP contribution in [-0.4, -0.2) is 15.6 Å². The lowest BCUT2D eigenvalue weighted by atomic mass is 10.0. The Morgan fingerprint density at radius 1 is 1.00 bits per heavy atom.